The molecule has 0 bridgehead atoms. The molecule has 29 heavy (non-hydrogen) atoms. The third-order valence-electron chi connectivity index (χ3n) is 6.98. The van der Waals surface area contributed by atoms with E-state index in [0.29, 0.717) is 18.8 Å². The van der Waals surface area contributed by atoms with Crippen LogP contribution in [0.4, 0.5) is 11.4 Å². The van der Waals surface area contributed by atoms with E-state index >= 15 is 0 Å². The van der Waals surface area contributed by atoms with Crippen molar-refractivity contribution < 1.29 is 9.72 Å². The van der Waals surface area contributed by atoms with Gasteiger partial charge >= 0.3 is 0 Å². The van der Waals surface area contributed by atoms with Crippen molar-refractivity contribution in [3.05, 3.63) is 34.4 Å². The van der Waals surface area contributed by atoms with Gasteiger partial charge in [0, 0.05) is 57.3 Å². The Balaban J connectivity index is 1.28. The van der Waals surface area contributed by atoms with Crippen LogP contribution in [0.2, 0.25) is 0 Å². The molecule has 1 aromatic rings. The van der Waals surface area contributed by atoms with E-state index in [4.69, 9.17) is 0 Å². The summed E-state index contributed by atoms with van der Waals surface area (Å²) in [5.41, 5.74) is 0.820. The predicted octanol–water partition coefficient (Wildman–Crippen LogP) is 3.29. The molecule has 3 aliphatic rings. The number of piperazine rings is 1. The number of carbonyl (C=O) groups excluding carboxylic acids is 1. The van der Waals surface area contributed by atoms with E-state index in [9.17, 15) is 14.9 Å². The Bertz CT molecular complexity index is 719. The standard InChI is InChI=1S/C22H32N4O3/c27-22(25-16-14-23(15-17-25)19-6-2-1-3-7-19)18-10-12-24(13-11-18)20-8-4-5-9-21(20)26(28)29/h4-5,8-9,18-19H,1-3,6-7,10-17H2. The average molecular weight is 401 g/mol. The summed E-state index contributed by atoms with van der Waals surface area (Å²) in [5, 5.41) is 11.3. The fraction of sp³-hybridized carbons (Fsp3) is 0.682. The Labute approximate surface area is 172 Å². The molecule has 7 nitrogen and oxygen atoms in total. The Kier molecular flexibility index (Phi) is 6.33. The quantitative estimate of drug-likeness (QED) is 0.573. The van der Waals surface area contributed by atoms with Gasteiger partial charge in [0.2, 0.25) is 5.91 Å². The highest BCUT2D eigenvalue weighted by Crippen LogP contribution is 2.32. The number of nitrogens with zero attached hydrogens (tertiary/aromatic N) is 4. The van der Waals surface area contributed by atoms with Crippen molar-refractivity contribution in [1.29, 1.82) is 0 Å². The van der Waals surface area contributed by atoms with E-state index in [1.165, 1.54) is 32.1 Å². The Morgan fingerprint density at radius 2 is 1.55 bits per heavy atom. The molecule has 0 N–H and O–H groups in total. The molecule has 0 atom stereocenters. The van der Waals surface area contributed by atoms with Crippen LogP contribution in [0.15, 0.2) is 24.3 Å². The van der Waals surface area contributed by atoms with Crippen LogP contribution in [0.1, 0.15) is 44.9 Å². The predicted molar refractivity (Wildman–Crippen MR) is 113 cm³/mol. The van der Waals surface area contributed by atoms with Crippen LogP contribution in [-0.4, -0.2) is 65.9 Å². The minimum atomic E-state index is -0.321. The van der Waals surface area contributed by atoms with E-state index < -0.39 is 0 Å². The molecule has 158 valence electrons. The van der Waals surface area contributed by atoms with Gasteiger partial charge in [-0.15, -0.1) is 0 Å². The molecule has 0 radical (unpaired) electrons. The number of piperidine rings is 1. The molecule has 0 spiro atoms. The highest BCUT2D eigenvalue weighted by Gasteiger charge is 2.33. The first-order valence-electron chi connectivity index (χ1n) is 11.1. The van der Waals surface area contributed by atoms with Gasteiger partial charge in [-0.1, -0.05) is 31.4 Å². The molecular formula is C22H32N4O3. The van der Waals surface area contributed by atoms with E-state index in [0.717, 1.165) is 45.1 Å². The fourth-order valence-corrected chi connectivity index (χ4v) is 5.27. The van der Waals surface area contributed by atoms with Crippen LogP contribution in [0.5, 0.6) is 0 Å². The van der Waals surface area contributed by atoms with Gasteiger partial charge in [0.15, 0.2) is 0 Å². The molecule has 0 aromatic heterocycles. The highest BCUT2D eigenvalue weighted by atomic mass is 16.6. The minimum Gasteiger partial charge on any atom is -0.366 e. The van der Waals surface area contributed by atoms with E-state index in [1.54, 1.807) is 12.1 Å². The Morgan fingerprint density at radius 1 is 0.897 bits per heavy atom. The number of nitro benzene ring substituents is 1. The van der Waals surface area contributed by atoms with Gasteiger partial charge in [-0.3, -0.25) is 19.8 Å². The lowest BCUT2D eigenvalue weighted by molar-refractivity contribution is -0.384. The van der Waals surface area contributed by atoms with Crippen LogP contribution in [0, 0.1) is 16.0 Å². The topological polar surface area (TPSA) is 69.9 Å². The summed E-state index contributed by atoms with van der Waals surface area (Å²) in [5.74, 6) is 0.339. The molecule has 2 saturated heterocycles. The Hall–Kier alpha value is -2.15. The van der Waals surface area contributed by atoms with Crippen LogP contribution in [-0.2, 0) is 4.79 Å². The summed E-state index contributed by atoms with van der Waals surface area (Å²) in [4.78, 5) is 30.7. The van der Waals surface area contributed by atoms with Crippen LogP contribution < -0.4 is 4.90 Å². The molecule has 1 saturated carbocycles. The van der Waals surface area contributed by atoms with Crippen molar-refractivity contribution in [2.24, 2.45) is 5.92 Å². The number of rotatable bonds is 4. The maximum Gasteiger partial charge on any atom is 0.292 e. The second-order valence-corrected chi connectivity index (χ2v) is 8.66. The Morgan fingerprint density at radius 3 is 2.21 bits per heavy atom. The monoisotopic (exact) mass is 400 g/mol. The summed E-state index contributed by atoms with van der Waals surface area (Å²) in [6.07, 6.45) is 8.25. The first-order chi connectivity index (χ1) is 14.1. The summed E-state index contributed by atoms with van der Waals surface area (Å²) in [6, 6.07) is 7.63. The molecule has 2 heterocycles. The number of amides is 1. The van der Waals surface area contributed by atoms with Crippen molar-refractivity contribution in [3.8, 4) is 0 Å². The highest BCUT2D eigenvalue weighted by molar-refractivity contribution is 5.79. The van der Waals surface area contributed by atoms with Gasteiger partial charge in [0.05, 0.1) is 4.92 Å². The molecule has 2 aliphatic heterocycles. The lowest BCUT2D eigenvalue weighted by Crippen LogP contribution is -2.54. The molecule has 1 aliphatic carbocycles. The number of benzene rings is 1. The van der Waals surface area contributed by atoms with Gasteiger partial charge in [-0.25, -0.2) is 0 Å². The maximum atomic E-state index is 13.0. The zero-order chi connectivity index (χ0) is 20.2. The molecular weight excluding hydrogens is 368 g/mol. The summed E-state index contributed by atoms with van der Waals surface area (Å²) >= 11 is 0. The number of hydrogen-bond acceptors (Lipinski definition) is 5. The smallest absolute Gasteiger partial charge is 0.292 e. The van der Waals surface area contributed by atoms with Gasteiger partial charge in [-0.2, -0.15) is 0 Å². The number of para-hydroxylation sites is 2. The third kappa shape index (κ3) is 4.55. The first kappa shape index (κ1) is 20.1. The summed E-state index contributed by atoms with van der Waals surface area (Å²) in [6.45, 7) is 5.10. The number of hydrogen-bond donors (Lipinski definition) is 0. The molecule has 7 heteroatoms. The average Bonchev–Trinajstić information content (AvgIpc) is 2.79. The van der Waals surface area contributed by atoms with Crippen molar-refractivity contribution in [2.45, 2.75) is 51.0 Å². The number of carbonyl (C=O) groups is 1. The molecule has 0 unspecified atom stereocenters. The summed E-state index contributed by atoms with van der Waals surface area (Å²) in [7, 11) is 0. The van der Waals surface area contributed by atoms with Crippen LogP contribution in [0.25, 0.3) is 0 Å². The molecule has 1 aromatic carbocycles. The molecule has 4 rings (SSSR count). The van der Waals surface area contributed by atoms with Crippen molar-refractivity contribution in [3.63, 3.8) is 0 Å². The maximum absolute atomic E-state index is 13.0. The van der Waals surface area contributed by atoms with Gasteiger partial charge in [0.25, 0.3) is 5.69 Å². The van der Waals surface area contributed by atoms with E-state index in [-0.39, 0.29) is 22.4 Å². The zero-order valence-electron chi connectivity index (χ0n) is 17.2. The second-order valence-electron chi connectivity index (χ2n) is 8.66. The van der Waals surface area contributed by atoms with Gasteiger partial charge in [-0.05, 0) is 31.7 Å². The lowest BCUT2D eigenvalue weighted by atomic mass is 9.93. The minimum absolute atomic E-state index is 0.0512. The van der Waals surface area contributed by atoms with Crippen molar-refractivity contribution in [2.75, 3.05) is 44.2 Å². The van der Waals surface area contributed by atoms with E-state index in [2.05, 4.69) is 14.7 Å². The SMILES string of the molecule is O=C(C1CCN(c2ccccc2[N+](=O)[O-])CC1)N1CCN(C2CCCCC2)CC1. The molecule has 3 fully saturated rings. The fourth-order valence-electron chi connectivity index (χ4n) is 5.27. The normalized spacial score (nSPS) is 22.6. The molecule has 1 amide bonds. The first-order valence-corrected chi connectivity index (χ1v) is 11.1. The van der Waals surface area contributed by atoms with E-state index in [1.807, 2.05) is 12.1 Å². The zero-order valence-corrected chi connectivity index (χ0v) is 17.2. The largest absolute Gasteiger partial charge is 0.366 e. The number of nitro groups is 1. The lowest BCUT2D eigenvalue weighted by Gasteiger charge is -2.42. The van der Waals surface area contributed by atoms with Crippen LogP contribution in [0.3, 0.4) is 0 Å². The van der Waals surface area contributed by atoms with Crippen molar-refractivity contribution >= 4 is 17.3 Å². The van der Waals surface area contributed by atoms with Crippen LogP contribution >= 0.6 is 0 Å². The van der Waals surface area contributed by atoms with Gasteiger partial charge < -0.3 is 9.80 Å². The second kappa shape index (κ2) is 9.11. The summed E-state index contributed by atoms with van der Waals surface area (Å²) < 4.78 is 0. The van der Waals surface area contributed by atoms with Gasteiger partial charge in [0.1, 0.15) is 5.69 Å². The number of anilines is 1. The third-order valence-corrected chi connectivity index (χ3v) is 6.98. The van der Waals surface area contributed by atoms with Crippen molar-refractivity contribution in [1.82, 2.24) is 9.80 Å².